The molecule has 0 amide bonds. The Morgan fingerprint density at radius 2 is 1.80 bits per heavy atom. The molecule has 1 N–H and O–H groups in total. The first kappa shape index (κ1) is 13.3. The zero-order chi connectivity index (χ0) is 14.3. The largest absolute Gasteiger partial charge is 0.385 e. The van der Waals surface area contributed by atoms with Crippen LogP contribution in [0.15, 0.2) is 48.5 Å². The Balaban J connectivity index is 1.97. The quantitative estimate of drug-likeness (QED) is 0.919. The second-order valence-corrected chi connectivity index (χ2v) is 5.42. The van der Waals surface area contributed by atoms with Crippen LogP contribution in [0.2, 0.25) is 5.02 Å². The molecule has 1 aliphatic rings. The lowest BCUT2D eigenvalue weighted by Crippen LogP contribution is -2.36. The SMILES string of the molecule is O=C1c2ccccc2C(O)C1(F)Cc1ccc(Cl)cc1. The third-order valence-electron chi connectivity index (χ3n) is 3.69. The van der Waals surface area contributed by atoms with E-state index in [1.807, 2.05) is 0 Å². The number of fused-ring (bicyclic) bond motifs is 1. The monoisotopic (exact) mass is 290 g/mol. The average molecular weight is 291 g/mol. The van der Waals surface area contributed by atoms with Crippen LogP contribution in [0.5, 0.6) is 0 Å². The second kappa shape index (κ2) is 4.69. The number of ketones is 1. The summed E-state index contributed by atoms with van der Waals surface area (Å²) < 4.78 is 15.0. The normalized spacial score (nSPS) is 24.8. The third kappa shape index (κ3) is 1.94. The fourth-order valence-electron chi connectivity index (χ4n) is 2.61. The average Bonchev–Trinajstić information content (AvgIpc) is 2.65. The minimum Gasteiger partial charge on any atom is -0.385 e. The van der Waals surface area contributed by atoms with E-state index in [-0.39, 0.29) is 12.0 Å². The number of aliphatic hydroxyl groups is 1. The van der Waals surface area contributed by atoms with E-state index in [9.17, 15) is 9.90 Å². The number of aliphatic hydroxyl groups excluding tert-OH is 1. The lowest BCUT2D eigenvalue weighted by molar-refractivity contribution is 0.0100. The molecular formula is C16H12ClFO2. The van der Waals surface area contributed by atoms with Gasteiger partial charge in [-0.15, -0.1) is 0 Å². The van der Waals surface area contributed by atoms with E-state index in [2.05, 4.69) is 0 Å². The van der Waals surface area contributed by atoms with Crippen LogP contribution in [0, 0.1) is 0 Å². The Morgan fingerprint density at radius 3 is 2.45 bits per heavy atom. The Kier molecular flexibility index (Phi) is 3.11. The predicted octanol–water partition coefficient (Wildman–Crippen LogP) is 3.52. The van der Waals surface area contributed by atoms with Crippen LogP contribution in [-0.2, 0) is 6.42 Å². The lowest BCUT2D eigenvalue weighted by Gasteiger charge is -2.22. The van der Waals surface area contributed by atoms with Gasteiger partial charge in [-0.05, 0) is 23.3 Å². The first-order valence-electron chi connectivity index (χ1n) is 6.27. The first-order chi connectivity index (χ1) is 9.52. The maximum Gasteiger partial charge on any atom is 0.207 e. The number of carbonyl (C=O) groups is 1. The summed E-state index contributed by atoms with van der Waals surface area (Å²) in [5.41, 5.74) is -1.07. The molecule has 0 bridgehead atoms. The van der Waals surface area contributed by atoms with Gasteiger partial charge in [-0.1, -0.05) is 48.0 Å². The molecule has 2 unspecified atom stereocenters. The highest BCUT2D eigenvalue weighted by molar-refractivity contribution is 6.30. The van der Waals surface area contributed by atoms with Gasteiger partial charge in [0.2, 0.25) is 11.5 Å². The number of rotatable bonds is 2. The van der Waals surface area contributed by atoms with Crippen LogP contribution < -0.4 is 0 Å². The molecule has 2 nitrogen and oxygen atoms in total. The van der Waals surface area contributed by atoms with Crippen LogP contribution in [0.4, 0.5) is 4.39 Å². The molecule has 0 heterocycles. The maximum absolute atomic E-state index is 15.0. The van der Waals surface area contributed by atoms with Gasteiger partial charge in [-0.25, -0.2) is 4.39 Å². The standard InChI is InChI=1S/C16H12ClFO2/c17-11-7-5-10(6-8-11)9-16(18)14(19)12-3-1-2-4-13(12)15(16)20/h1-8,14,19H,9H2. The van der Waals surface area contributed by atoms with Gasteiger partial charge in [-0.2, -0.15) is 0 Å². The third-order valence-corrected chi connectivity index (χ3v) is 3.94. The molecule has 0 fully saturated rings. The van der Waals surface area contributed by atoms with Crippen LogP contribution in [0.3, 0.4) is 0 Å². The van der Waals surface area contributed by atoms with Crippen molar-refractivity contribution in [2.45, 2.75) is 18.2 Å². The Hall–Kier alpha value is -1.71. The summed E-state index contributed by atoms with van der Waals surface area (Å²) in [5, 5.41) is 10.7. The van der Waals surface area contributed by atoms with E-state index in [4.69, 9.17) is 11.6 Å². The van der Waals surface area contributed by atoms with Crippen molar-refractivity contribution in [2.75, 3.05) is 0 Å². The fraction of sp³-hybridized carbons (Fsp3) is 0.188. The highest BCUT2D eigenvalue weighted by Crippen LogP contribution is 2.43. The van der Waals surface area contributed by atoms with Crippen molar-refractivity contribution in [3.05, 3.63) is 70.2 Å². The molecule has 102 valence electrons. The molecule has 0 radical (unpaired) electrons. The number of halogens is 2. The Labute approximate surface area is 120 Å². The predicted molar refractivity (Wildman–Crippen MR) is 74.7 cm³/mol. The zero-order valence-corrected chi connectivity index (χ0v) is 11.3. The van der Waals surface area contributed by atoms with E-state index >= 15 is 4.39 Å². The second-order valence-electron chi connectivity index (χ2n) is 4.98. The van der Waals surface area contributed by atoms with Crippen molar-refractivity contribution < 1.29 is 14.3 Å². The minimum absolute atomic E-state index is 0.168. The highest BCUT2D eigenvalue weighted by Gasteiger charge is 2.53. The maximum atomic E-state index is 15.0. The van der Waals surface area contributed by atoms with Gasteiger partial charge in [0.1, 0.15) is 6.10 Å². The first-order valence-corrected chi connectivity index (χ1v) is 6.65. The number of Topliss-reactive ketones (excluding diaryl/α,β-unsaturated/α-hetero) is 1. The van der Waals surface area contributed by atoms with Gasteiger partial charge in [-0.3, -0.25) is 4.79 Å². The highest BCUT2D eigenvalue weighted by atomic mass is 35.5. The molecule has 4 heteroatoms. The smallest absolute Gasteiger partial charge is 0.207 e. The molecule has 0 aliphatic heterocycles. The summed E-state index contributed by atoms with van der Waals surface area (Å²) in [6.07, 6.45) is -1.60. The fourth-order valence-corrected chi connectivity index (χ4v) is 2.74. The number of hydrogen-bond acceptors (Lipinski definition) is 2. The molecule has 0 spiro atoms. The van der Waals surface area contributed by atoms with Crippen molar-refractivity contribution in [1.29, 1.82) is 0 Å². The van der Waals surface area contributed by atoms with E-state index in [0.717, 1.165) is 0 Å². The van der Waals surface area contributed by atoms with Crippen LogP contribution in [0.25, 0.3) is 0 Å². The molecule has 1 aliphatic carbocycles. The van der Waals surface area contributed by atoms with Crippen molar-refractivity contribution in [3.63, 3.8) is 0 Å². The van der Waals surface area contributed by atoms with Gasteiger partial charge in [0.05, 0.1) is 0 Å². The molecule has 2 atom stereocenters. The van der Waals surface area contributed by atoms with Crippen molar-refractivity contribution in [1.82, 2.24) is 0 Å². The Morgan fingerprint density at radius 1 is 1.15 bits per heavy atom. The van der Waals surface area contributed by atoms with E-state index < -0.39 is 17.6 Å². The van der Waals surface area contributed by atoms with Gasteiger partial charge in [0, 0.05) is 17.0 Å². The van der Waals surface area contributed by atoms with Gasteiger partial charge >= 0.3 is 0 Å². The minimum atomic E-state index is -2.31. The summed E-state index contributed by atoms with van der Waals surface area (Å²) in [6, 6.07) is 13.1. The molecule has 0 aromatic heterocycles. The molecule has 2 aromatic rings. The number of alkyl halides is 1. The number of benzene rings is 2. The van der Waals surface area contributed by atoms with Crippen molar-refractivity contribution in [3.8, 4) is 0 Å². The zero-order valence-electron chi connectivity index (χ0n) is 10.5. The van der Waals surface area contributed by atoms with Crippen LogP contribution in [-0.4, -0.2) is 16.6 Å². The van der Waals surface area contributed by atoms with E-state index in [0.29, 0.717) is 16.1 Å². The molecule has 2 aromatic carbocycles. The molecule has 20 heavy (non-hydrogen) atoms. The lowest BCUT2D eigenvalue weighted by atomic mass is 9.90. The van der Waals surface area contributed by atoms with Crippen LogP contribution in [0.1, 0.15) is 27.6 Å². The summed E-state index contributed by atoms with van der Waals surface area (Å²) >= 11 is 5.78. The van der Waals surface area contributed by atoms with Gasteiger partial charge < -0.3 is 5.11 Å². The Bertz CT molecular complexity index is 668. The molecule has 3 rings (SSSR count). The summed E-state index contributed by atoms with van der Waals surface area (Å²) in [6.45, 7) is 0. The van der Waals surface area contributed by atoms with Crippen LogP contribution >= 0.6 is 11.6 Å². The molecule has 0 saturated carbocycles. The van der Waals surface area contributed by atoms with Crippen molar-refractivity contribution in [2.24, 2.45) is 0 Å². The van der Waals surface area contributed by atoms with Gasteiger partial charge in [0.15, 0.2) is 0 Å². The molecule has 0 saturated heterocycles. The summed E-state index contributed by atoms with van der Waals surface area (Å²) in [5.74, 6) is -0.657. The van der Waals surface area contributed by atoms with Gasteiger partial charge in [0.25, 0.3) is 0 Å². The van der Waals surface area contributed by atoms with E-state index in [1.54, 1.807) is 48.5 Å². The van der Waals surface area contributed by atoms with Crippen molar-refractivity contribution >= 4 is 17.4 Å². The number of carbonyl (C=O) groups excluding carboxylic acids is 1. The van der Waals surface area contributed by atoms with E-state index in [1.165, 1.54) is 0 Å². The topological polar surface area (TPSA) is 37.3 Å². The molecular weight excluding hydrogens is 279 g/mol. The summed E-state index contributed by atoms with van der Waals surface area (Å²) in [4.78, 5) is 12.2. The number of hydrogen-bond donors (Lipinski definition) is 1. The summed E-state index contributed by atoms with van der Waals surface area (Å²) in [7, 11) is 0.